The van der Waals surface area contributed by atoms with Crippen LogP contribution in [0.4, 0.5) is 5.69 Å². The smallest absolute Gasteiger partial charge is 0.145 e. The highest BCUT2D eigenvalue weighted by Crippen LogP contribution is 2.35. The maximum atomic E-state index is 5.51. The Morgan fingerprint density at radius 1 is 1.24 bits per heavy atom. The summed E-state index contributed by atoms with van der Waals surface area (Å²) in [6.07, 6.45) is 1.22. The van der Waals surface area contributed by atoms with Crippen molar-refractivity contribution in [1.29, 1.82) is 0 Å². The van der Waals surface area contributed by atoms with Crippen LogP contribution in [-0.2, 0) is 0 Å². The van der Waals surface area contributed by atoms with Crippen LogP contribution in [-0.4, -0.2) is 39.4 Å². The minimum atomic E-state index is 0.186. The molecule has 4 heteroatoms. The largest absolute Gasteiger partial charge is 0.497 e. The van der Waals surface area contributed by atoms with Crippen LogP contribution >= 0.6 is 0 Å². The third kappa shape index (κ3) is 4.27. The second-order valence-corrected chi connectivity index (χ2v) is 6.77. The molecule has 0 aliphatic carbocycles. The molecular formula is C17H28N2O2. The van der Waals surface area contributed by atoms with E-state index in [-0.39, 0.29) is 5.54 Å². The molecule has 0 saturated carbocycles. The van der Waals surface area contributed by atoms with Crippen molar-refractivity contribution in [2.45, 2.75) is 32.7 Å². The Morgan fingerprint density at radius 3 is 2.62 bits per heavy atom. The van der Waals surface area contributed by atoms with Crippen molar-refractivity contribution in [3.63, 3.8) is 0 Å². The van der Waals surface area contributed by atoms with E-state index in [1.165, 1.54) is 6.42 Å². The molecule has 0 aromatic heterocycles. The fourth-order valence-electron chi connectivity index (χ4n) is 2.71. The normalized spacial score (nSPS) is 18.9. The lowest BCUT2D eigenvalue weighted by Crippen LogP contribution is -2.39. The van der Waals surface area contributed by atoms with E-state index in [4.69, 9.17) is 9.47 Å². The summed E-state index contributed by atoms with van der Waals surface area (Å²) in [6, 6.07) is 6.05. The van der Waals surface area contributed by atoms with Crippen molar-refractivity contribution in [2.24, 2.45) is 5.92 Å². The number of ether oxygens (including phenoxy) is 2. The molecule has 0 amide bonds. The van der Waals surface area contributed by atoms with E-state index in [1.807, 2.05) is 12.1 Å². The molecule has 0 radical (unpaired) electrons. The molecule has 1 saturated heterocycles. The molecule has 1 unspecified atom stereocenters. The van der Waals surface area contributed by atoms with Gasteiger partial charge in [0, 0.05) is 31.2 Å². The Bertz CT molecular complexity index is 468. The van der Waals surface area contributed by atoms with Crippen LogP contribution in [0.25, 0.3) is 0 Å². The second kappa shape index (κ2) is 6.56. The topological polar surface area (TPSA) is 33.7 Å². The van der Waals surface area contributed by atoms with Crippen molar-refractivity contribution >= 4 is 5.69 Å². The van der Waals surface area contributed by atoms with E-state index >= 15 is 0 Å². The predicted molar refractivity (Wildman–Crippen MR) is 87.6 cm³/mol. The Labute approximate surface area is 128 Å². The number of benzene rings is 1. The third-order valence-electron chi connectivity index (χ3n) is 3.93. The Kier molecular flexibility index (Phi) is 4.99. The molecule has 118 valence electrons. The van der Waals surface area contributed by atoms with E-state index in [2.05, 4.69) is 37.1 Å². The molecule has 1 fully saturated rings. The van der Waals surface area contributed by atoms with Crippen molar-refractivity contribution < 1.29 is 9.47 Å². The van der Waals surface area contributed by atoms with Crippen LogP contribution < -0.4 is 19.7 Å². The summed E-state index contributed by atoms with van der Waals surface area (Å²) in [4.78, 5) is 2.41. The minimum Gasteiger partial charge on any atom is -0.497 e. The van der Waals surface area contributed by atoms with Gasteiger partial charge in [-0.1, -0.05) is 0 Å². The van der Waals surface area contributed by atoms with Gasteiger partial charge < -0.3 is 19.7 Å². The lowest BCUT2D eigenvalue weighted by molar-refractivity contribution is 0.382. The number of anilines is 1. The zero-order chi connectivity index (χ0) is 15.5. The maximum absolute atomic E-state index is 5.51. The summed E-state index contributed by atoms with van der Waals surface area (Å²) >= 11 is 0. The highest BCUT2D eigenvalue weighted by molar-refractivity contribution is 5.61. The minimum absolute atomic E-state index is 0.186. The molecular weight excluding hydrogens is 264 g/mol. The number of nitrogens with zero attached hydrogens (tertiary/aromatic N) is 1. The molecule has 1 heterocycles. The summed E-state index contributed by atoms with van der Waals surface area (Å²) in [5.74, 6) is 2.41. The molecule has 4 nitrogen and oxygen atoms in total. The summed E-state index contributed by atoms with van der Waals surface area (Å²) in [6.45, 7) is 9.87. The van der Waals surface area contributed by atoms with Crippen molar-refractivity contribution in [1.82, 2.24) is 5.32 Å². The van der Waals surface area contributed by atoms with Gasteiger partial charge in [0.15, 0.2) is 0 Å². The number of nitrogens with one attached hydrogen (secondary N) is 1. The molecule has 0 bridgehead atoms. The summed E-state index contributed by atoms with van der Waals surface area (Å²) in [5, 5.41) is 3.60. The summed E-state index contributed by atoms with van der Waals surface area (Å²) < 4.78 is 10.8. The van der Waals surface area contributed by atoms with E-state index in [1.54, 1.807) is 14.2 Å². The van der Waals surface area contributed by atoms with Crippen molar-refractivity contribution in [3.05, 3.63) is 18.2 Å². The molecule has 1 aliphatic rings. The molecule has 1 N–H and O–H groups in total. The monoisotopic (exact) mass is 292 g/mol. The first-order valence-corrected chi connectivity index (χ1v) is 7.65. The van der Waals surface area contributed by atoms with Gasteiger partial charge in [-0.2, -0.15) is 0 Å². The quantitative estimate of drug-likeness (QED) is 0.905. The van der Waals surface area contributed by atoms with Crippen LogP contribution in [0.1, 0.15) is 27.2 Å². The van der Waals surface area contributed by atoms with E-state index in [9.17, 15) is 0 Å². The van der Waals surface area contributed by atoms with Crippen LogP contribution in [0.2, 0.25) is 0 Å². The molecule has 1 aromatic rings. The highest BCUT2D eigenvalue weighted by atomic mass is 16.5. The fraction of sp³-hybridized carbons (Fsp3) is 0.647. The lowest BCUT2D eigenvalue weighted by atomic mass is 10.1. The number of methoxy groups -OCH3 is 2. The van der Waals surface area contributed by atoms with Crippen LogP contribution in [0.15, 0.2) is 18.2 Å². The zero-order valence-corrected chi connectivity index (χ0v) is 13.9. The van der Waals surface area contributed by atoms with Gasteiger partial charge in [0.2, 0.25) is 0 Å². The van der Waals surface area contributed by atoms with Crippen molar-refractivity contribution in [3.8, 4) is 11.5 Å². The van der Waals surface area contributed by atoms with Crippen LogP contribution in [0.3, 0.4) is 0 Å². The van der Waals surface area contributed by atoms with Gasteiger partial charge in [0.25, 0.3) is 0 Å². The standard InChI is InChI=1S/C17H28N2O2/c1-17(2,3)18-11-13-8-9-19(12-13)15-7-6-14(20-4)10-16(15)21-5/h6-7,10,13,18H,8-9,11-12H2,1-5H3. The van der Waals surface area contributed by atoms with Gasteiger partial charge in [0.05, 0.1) is 19.9 Å². The first-order valence-electron chi connectivity index (χ1n) is 7.65. The zero-order valence-electron chi connectivity index (χ0n) is 13.9. The van der Waals surface area contributed by atoms with E-state index in [0.29, 0.717) is 5.92 Å². The van der Waals surface area contributed by atoms with Crippen molar-refractivity contribution in [2.75, 3.05) is 38.8 Å². The molecule has 0 spiro atoms. The average Bonchev–Trinajstić information content (AvgIpc) is 2.92. The SMILES string of the molecule is COc1ccc(N2CCC(CNC(C)(C)C)C2)c(OC)c1. The van der Waals surface area contributed by atoms with E-state index in [0.717, 1.165) is 36.8 Å². The van der Waals surface area contributed by atoms with Gasteiger partial charge in [0.1, 0.15) is 11.5 Å². The van der Waals surface area contributed by atoms with Crippen LogP contribution in [0, 0.1) is 5.92 Å². The van der Waals surface area contributed by atoms with Gasteiger partial charge in [-0.05, 0) is 45.2 Å². The Balaban J connectivity index is 2.01. The van der Waals surface area contributed by atoms with Gasteiger partial charge in [-0.15, -0.1) is 0 Å². The third-order valence-corrected chi connectivity index (χ3v) is 3.93. The van der Waals surface area contributed by atoms with Gasteiger partial charge >= 0.3 is 0 Å². The lowest BCUT2D eigenvalue weighted by Gasteiger charge is -2.24. The molecule has 1 atom stereocenters. The van der Waals surface area contributed by atoms with Gasteiger partial charge in [-0.25, -0.2) is 0 Å². The summed E-state index contributed by atoms with van der Waals surface area (Å²) in [5.41, 5.74) is 1.35. The van der Waals surface area contributed by atoms with E-state index < -0.39 is 0 Å². The molecule has 2 rings (SSSR count). The summed E-state index contributed by atoms with van der Waals surface area (Å²) in [7, 11) is 3.39. The van der Waals surface area contributed by atoms with Gasteiger partial charge in [-0.3, -0.25) is 0 Å². The molecule has 1 aromatic carbocycles. The number of hydrogen-bond donors (Lipinski definition) is 1. The second-order valence-electron chi connectivity index (χ2n) is 6.77. The predicted octanol–water partition coefficient (Wildman–Crippen LogP) is 2.92. The number of hydrogen-bond acceptors (Lipinski definition) is 4. The highest BCUT2D eigenvalue weighted by Gasteiger charge is 2.25. The molecule has 1 aliphatic heterocycles. The van der Waals surface area contributed by atoms with Crippen LogP contribution in [0.5, 0.6) is 11.5 Å². The fourth-order valence-corrected chi connectivity index (χ4v) is 2.71. The Morgan fingerprint density at radius 2 is 2.00 bits per heavy atom. The first kappa shape index (κ1) is 16.0. The average molecular weight is 292 g/mol. The first-order chi connectivity index (χ1) is 9.93. The maximum Gasteiger partial charge on any atom is 0.145 e. The number of rotatable bonds is 5. The Hall–Kier alpha value is -1.42. The molecule has 21 heavy (non-hydrogen) atoms.